The van der Waals surface area contributed by atoms with Crippen LogP contribution in [0.2, 0.25) is 0 Å². The predicted molar refractivity (Wildman–Crippen MR) is 129 cm³/mol. The maximum atomic E-state index is 11.5. The molecule has 6 rings (SSSR count). The van der Waals surface area contributed by atoms with Gasteiger partial charge in [0.1, 0.15) is 23.4 Å². The molecule has 1 aromatic carbocycles. The van der Waals surface area contributed by atoms with E-state index < -0.39 is 5.97 Å². The highest BCUT2D eigenvalue weighted by molar-refractivity contribution is 5.94. The van der Waals surface area contributed by atoms with Crippen molar-refractivity contribution >= 4 is 17.4 Å². The van der Waals surface area contributed by atoms with Gasteiger partial charge in [-0.3, -0.25) is 0 Å². The van der Waals surface area contributed by atoms with Gasteiger partial charge in [0, 0.05) is 30.9 Å². The molecular formula is C25H22N8O2. The first-order chi connectivity index (χ1) is 17.0. The third-order valence-corrected chi connectivity index (χ3v) is 6.24. The Labute approximate surface area is 200 Å². The molecule has 4 aromatic heterocycles. The Hall–Kier alpha value is -4.60. The van der Waals surface area contributed by atoms with Crippen LogP contribution in [0.3, 0.4) is 0 Å². The van der Waals surface area contributed by atoms with Crippen LogP contribution in [0.15, 0.2) is 61.2 Å². The van der Waals surface area contributed by atoms with E-state index in [0.29, 0.717) is 17.9 Å². The Morgan fingerprint density at radius 3 is 2.71 bits per heavy atom. The summed E-state index contributed by atoms with van der Waals surface area (Å²) in [6.07, 6.45) is 4.78. The number of benzene rings is 1. The number of anilines is 1. The van der Waals surface area contributed by atoms with E-state index in [1.54, 1.807) is 12.5 Å². The molecule has 0 unspecified atom stereocenters. The van der Waals surface area contributed by atoms with Crippen molar-refractivity contribution in [2.24, 2.45) is 0 Å². The highest BCUT2D eigenvalue weighted by Gasteiger charge is 2.22. The summed E-state index contributed by atoms with van der Waals surface area (Å²) in [4.78, 5) is 23.2. The fourth-order valence-corrected chi connectivity index (χ4v) is 4.42. The van der Waals surface area contributed by atoms with Crippen LogP contribution >= 0.6 is 0 Å². The zero-order valence-corrected chi connectivity index (χ0v) is 19.2. The smallest absolute Gasteiger partial charge is 0.341 e. The van der Waals surface area contributed by atoms with E-state index in [-0.39, 0.29) is 11.6 Å². The topological polar surface area (TPSA) is 114 Å². The second-order valence-electron chi connectivity index (χ2n) is 8.82. The molecule has 0 saturated carbocycles. The molecule has 0 radical (unpaired) electrons. The maximum absolute atomic E-state index is 11.5. The average Bonchev–Trinajstić information content (AvgIpc) is 3.61. The molecule has 10 nitrogen and oxygen atoms in total. The van der Waals surface area contributed by atoms with Crippen molar-refractivity contribution in [3.8, 4) is 22.8 Å². The molecule has 0 aliphatic carbocycles. The van der Waals surface area contributed by atoms with Crippen LogP contribution in [-0.2, 0) is 13.1 Å². The lowest BCUT2D eigenvalue weighted by atomic mass is 10.0. The van der Waals surface area contributed by atoms with Crippen molar-refractivity contribution in [1.29, 1.82) is 0 Å². The van der Waals surface area contributed by atoms with Gasteiger partial charge in [0.05, 0.1) is 11.9 Å². The van der Waals surface area contributed by atoms with Crippen LogP contribution in [0.4, 0.5) is 5.82 Å². The molecule has 0 spiro atoms. The number of fused-ring (bicyclic) bond motifs is 2. The van der Waals surface area contributed by atoms with Crippen molar-refractivity contribution in [2.75, 3.05) is 4.90 Å². The third kappa shape index (κ3) is 3.59. The summed E-state index contributed by atoms with van der Waals surface area (Å²) in [7, 11) is 0. The van der Waals surface area contributed by atoms with Gasteiger partial charge in [-0.25, -0.2) is 19.3 Å². The number of hydrogen-bond acceptors (Lipinski definition) is 7. The van der Waals surface area contributed by atoms with Gasteiger partial charge >= 0.3 is 5.97 Å². The summed E-state index contributed by atoms with van der Waals surface area (Å²) in [6, 6.07) is 14.3. The highest BCUT2D eigenvalue weighted by Crippen LogP contribution is 2.31. The number of hydrogen-bond donors (Lipinski definition) is 1. The number of rotatable bonds is 5. The van der Waals surface area contributed by atoms with E-state index in [9.17, 15) is 9.90 Å². The summed E-state index contributed by atoms with van der Waals surface area (Å²) < 4.78 is 3.48. The van der Waals surface area contributed by atoms with Crippen LogP contribution in [0, 0.1) is 0 Å². The van der Waals surface area contributed by atoms with E-state index >= 15 is 0 Å². The van der Waals surface area contributed by atoms with Crippen LogP contribution in [0.5, 0.6) is 0 Å². The molecule has 0 fully saturated rings. The lowest BCUT2D eigenvalue weighted by Crippen LogP contribution is -2.16. The van der Waals surface area contributed by atoms with Crippen LogP contribution in [-0.4, -0.2) is 45.4 Å². The van der Waals surface area contributed by atoms with Crippen molar-refractivity contribution < 1.29 is 9.90 Å². The summed E-state index contributed by atoms with van der Waals surface area (Å²) in [5.41, 5.74) is 5.24. The average molecular weight is 467 g/mol. The number of carbonyl (C=O) groups is 1. The summed E-state index contributed by atoms with van der Waals surface area (Å²) in [6.45, 7) is 5.65. The van der Waals surface area contributed by atoms with Crippen molar-refractivity contribution in [3.63, 3.8) is 0 Å². The van der Waals surface area contributed by atoms with E-state index in [1.807, 2.05) is 34.9 Å². The first kappa shape index (κ1) is 21.0. The number of nitrogens with zero attached hydrogens (tertiary/aromatic N) is 8. The van der Waals surface area contributed by atoms with Gasteiger partial charge in [0.15, 0.2) is 11.5 Å². The van der Waals surface area contributed by atoms with Crippen LogP contribution < -0.4 is 4.90 Å². The van der Waals surface area contributed by atoms with Gasteiger partial charge in [-0.05, 0) is 49.2 Å². The molecule has 1 aliphatic heterocycles. The monoisotopic (exact) mass is 466 g/mol. The summed E-state index contributed by atoms with van der Waals surface area (Å²) >= 11 is 0. The molecule has 35 heavy (non-hydrogen) atoms. The molecule has 0 saturated heterocycles. The number of carboxylic acid groups (broad SMARTS) is 1. The summed E-state index contributed by atoms with van der Waals surface area (Å²) in [5.74, 6) is 0.585. The van der Waals surface area contributed by atoms with E-state index in [1.165, 1.54) is 21.8 Å². The minimum absolute atomic E-state index is 0.0819. The van der Waals surface area contributed by atoms with Gasteiger partial charge < -0.3 is 14.6 Å². The zero-order chi connectivity index (χ0) is 24.1. The van der Waals surface area contributed by atoms with E-state index in [2.05, 4.69) is 51.2 Å². The number of pyridine rings is 1. The minimum atomic E-state index is -1.05. The fourth-order valence-electron chi connectivity index (χ4n) is 4.42. The first-order valence-electron chi connectivity index (χ1n) is 11.3. The Morgan fingerprint density at radius 2 is 1.89 bits per heavy atom. The molecule has 1 N–H and O–H groups in total. The second-order valence-corrected chi connectivity index (χ2v) is 8.82. The fraction of sp³-hybridized carbons (Fsp3) is 0.200. The molecule has 0 atom stereocenters. The molecule has 5 heterocycles. The Kier molecular flexibility index (Phi) is 4.80. The summed E-state index contributed by atoms with van der Waals surface area (Å²) in [5, 5.41) is 21.8. The van der Waals surface area contributed by atoms with Gasteiger partial charge in [-0.1, -0.05) is 18.2 Å². The number of aromatic carboxylic acids is 1. The molecule has 174 valence electrons. The minimum Gasteiger partial charge on any atom is -0.477 e. The molecule has 5 aromatic rings. The highest BCUT2D eigenvalue weighted by atomic mass is 16.4. The standard InChI is InChI=1S/C25H22N8O2/c1-15(2)32-14-26-30-24(32)21-4-3-5-22(28-21)31-12-17-7-6-16(10-18(17)13-31)20-8-9-33-23(29-20)19(11-27-33)25(34)35/h3-11,14-15H,12-13H2,1-2H3,(H,34,35). The molecule has 0 amide bonds. The predicted octanol–water partition coefficient (Wildman–Crippen LogP) is 3.85. The van der Waals surface area contributed by atoms with Crippen LogP contribution in [0.1, 0.15) is 41.4 Å². The Bertz CT molecular complexity index is 1590. The number of carboxylic acids is 1. The second kappa shape index (κ2) is 8.01. The number of aromatic nitrogens is 7. The van der Waals surface area contributed by atoms with Gasteiger partial charge in [-0.15, -0.1) is 10.2 Å². The lowest BCUT2D eigenvalue weighted by molar-refractivity contribution is 0.0698. The van der Waals surface area contributed by atoms with Gasteiger partial charge in [-0.2, -0.15) is 5.10 Å². The van der Waals surface area contributed by atoms with E-state index in [4.69, 9.17) is 4.98 Å². The first-order valence-corrected chi connectivity index (χ1v) is 11.3. The molecule has 0 bridgehead atoms. The molecule has 1 aliphatic rings. The lowest BCUT2D eigenvalue weighted by Gasteiger charge is -2.17. The Balaban J connectivity index is 1.29. The van der Waals surface area contributed by atoms with Crippen LogP contribution in [0.25, 0.3) is 28.4 Å². The van der Waals surface area contributed by atoms with Gasteiger partial charge in [0.2, 0.25) is 0 Å². The maximum Gasteiger partial charge on any atom is 0.341 e. The quantitative estimate of drug-likeness (QED) is 0.415. The van der Waals surface area contributed by atoms with E-state index in [0.717, 1.165) is 29.4 Å². The zero-order valence-electron chi connectivity index (χ0n) is 19.2. The van der Waals surface area contributed by atoms with Crippen molar-refractivity contribution in [3.05, 3.63) is 77.9 Å². The molecule has 10 heteroatoms. The van der Waals surface area contributed by atoms with Crippen molar-refractivity contribution in [2.45, 2.75) is 33.0 Å². The normalized spacial score (nSPS) is 13.1. The van der Waals surface area contributed by atoms with Crippen molar-refractivity contribution in [1.82, 2.24) is 34.3 Å². The third-order valence-electron chi connectivity index (χ3n) is 6.24. The molecular weight excluding hydrogens is 444 g/mol. The SMILES string of the molecule is CC(C)n1cnnc1-c1cccc(N2Cc3ccc(-c4ccn5ncc(C(=O)O)c5n4)cc3C2)n1. The largest absolute Gasteiger partial charge is 0.477 e. The van der Waals surface area contributed by atoms with Gasteiger partial charge in [0.25, 0.3) is 0 Å². The Morgan fingerprint density at radius 1 is 1.03 bits per heavy atom.